The molecule has 3 aromatic carbocycles. The van der Waals surface area contributed by atoms with E-state index in [9.17, 15) is 13.2 Å². The molecule has 3 aromatic rings. The van der Waals surface area contributed by atoms with E-state index >= 15 is 0 Å². The van der Waals surface area contributed by atoms with Crippen LogP contribution in [0.4, 0.5) is 30.2 Å². The summed E-state index contributed by atoms with van der Waals surface area (Å²) >= 11 is 0. The van der Waals surface area contributed by atoms with Crippen molar-refractivity contribution in [1.29, 1.82) is 5.41 Å². The van der Waals surface area contributed by atoms with Gasteiger partial charge in [0.15, 0.2) is 0 Å². The normalized spacial score (nSPS) is 16.9. The Bertz CT molecular complexity index is 1120. The van der Waals surface area contributed by atoms with Crippen molar-refractivity contribution in [3.05, 3.63) is 90.0 Å². The van der Waals surface area contributed by atoms with Gasteiger partial charge in [-0.15, -0.1) is 0 Å². The number of anilines is 3. The summed E-state index contributed by atoms with van der Waals surface area (Å²) in [7, 11) is 0. The fraction of sp³-hybridized carbons (Fsp3) is 0.345. The van der Waals surface area contributed by atoms with Crippen molar-refractivity contribution in [2.75, 3.05) is 29.9 Å². The fourth-order valence-corrected chi connectivity index (χ4v) is 4.29. The maximum atomic E-state index is 12.5. The number of hydrogen-bond acceptors (Lipinski definition) is 5. The smallest absolute Gasteiger partial charge is 0.384 e. The molecule has 1 atom stereocenters. The number of nitrogens with one attached hydrogen (secondary N) is 3. The second-order valence-corrected chi connectivity index (χ2v) is 9.21. The lowest BCUT2D eigenvalue weighted by Gasteiger charge is -2.41. The summed E-state index contributed by atoms with van der Waals surface area (Å²) in [5, 5.41) is 10.4. The Balaban J connectivity index is 0.000000256. The van der Waals surface area contributed by atoms with E-state index in [2.05, 4.69) is 52.9 Å². The second-order valence-electron chi connectivity index (χ2n) is 9.21. The predicted octanol–water partition coefficient (Wildman–Crippen LogP) is 6.52. The minimum absolute atomic E-state index is 0.111. The lowest BCUT2D eigenvalue weighted by atomic mass is 9.82. The lowest BCUT2D eigenvalue weighted by Crippen LogP contribution is -2.48. The molecule has 1 saturated heterocycles. The molecule has 0 bridgehead atoms. The largest absolute Gasteiger partial charge is 0.416 e. The number of para-hydroxylation sites is 2. The predicted molar refractivity (Wildman–Crippen MR) is 152 cm³/mol. The van der Waals surface area contributed by atoms with Gasteiger partial charge in [-0.1, -0.05) is 51.1 Å². The van der Waals surface area contributed by atoms with E-state index in [1.165, 1.54) is 30.7 Å². The Kier molecular flexibility index (Phi) is 11.6. The zero-order valence-electron chi connectivity index (χ0n) is 22.3. The Morgan fingerprint density at radius 3 is 2.16 bits per heavy atom. The van der Waals surface area contributed by atoms with Gasteiger partial charge in [0.1, 0.15) is 5.84 Å². The first-order valence-corrected chi connectivity index (χ1v) is 12.7. The van der Waals surface area contributed by atoms with Crippen LogP contribution in [-0.2, 0) is 6.18 Å². The van der Waals surface area contributed by atoms with Gasteiger partial charge in [-0.05, 0) is 66.8 Å². The van der Waals surface area contributed by atoms with Gasteiger partial charge in [0, 0.05) is 42.3 Å². The maximum absolute atomic E-state index is 12.5. The highest BCUT2D eigenvalue weighted by atomic mass is 19.4. The molecule has 4 rings (SSSR count). The van der Waals surface area contributed by atoms with Gasteiger partial charge in [0.05, 0.1) is 5.56 Å². The first kappa shape index (κ1) is 30.7. The first-order valence-electron chi connectivity index (χ1n) is 12.7. The highest BCUT2D eigenvalue weighted by Crippen LogP contribution is 2.32. The van der Waals surface area contributed by atoms with E-state index in [0.29, 0.717) is 22.4 Å². The average molecular weight is 529 g/mol. The van der Waals surface area contributed by atoms with Crippen molar-refractivity contribution < 1.29 is 13.2 Å². The molecule has 1 aliphatic rings. The second kappa shape index (κ2) is 14.4. The molecular formula is C29H39F3N6. The van der Waals surface area contributed by atoms with E-state index < -0.39 is 11.7 Å². The highest BCUT2D eigenvalue weighted by molar-refractivity contribution is 6.00. The van der Waals surface area contributed by atoms with Crippen LogP contribution in [0.2, 0.25) is 0 Å². The van der Waals surface area contributed by atoms with Gasteiger partial charge in [-0.2, -0.15) is 13.2 Å². The van der Waals surface area contributed by atoms with Gasteiger partial charge in [-0.25, -0.2) is 0 Å². The van der Waals surface area contributed by atoms with Gasteiger partial charge in [0.2, 0.25) is 0 Å². The molecule has 9 heteroatoms. The molecule has 0 amide bonds. The fourth-order valence-electron chi connectivity index (χ4n) is 4.29. The number of nitrogen functional groups attached to an aromatic ring is 1. The van der Waals surface area contributed by atoms with Crippen molar-refractivity contribution in [2.45, 2.75) is 39.8 Å². The number of amidine groups is 1. The molecule has 0 spiro atoms. The summed E-state index contributed by atoms with van der Waals surface area (Å²) in [6.45, 7) is 9.43. The summed E-state index contributed by atoms with van der Waals surface area (Å²) in [6, 6.07) is 22.1. The Morgan fingerprint density at radius 2 is 1.58 bits per heavy atom. The zero-order valence-corrected chi connectivity index (χ0v) is 22.3. The number of piperidine rings is 1. The van der Waals surface area contributed by atoms with E-state index in [4.69, 9.17) is 17.0 Å². The molecule has 1 unspecified atom stereocenters. The molecule has 1 fully saturated rings. The van der Waals surface area contributed by atoms with E-state index in [-0.39, 0.29) is 5.84 Å². The monoisotopic (exact) mass is 528 g/mol. The minimum atomic E-state index is -4.35. The minimum Gasteiger partial charge on any atom is -0.384 e. The van der Waals surface area contributed by atoms with Gasteiger partial charge in [-0.3, -0.25) is 16.7 Å². The van der Waals surface area contributed by atoms with Crippen LogP contribution >= 0.6 is 0 Å². The molecule has 7 N–H and O–H groups in total. The van der Waals surface area contributed by atoms with E-state index in [1.807, 2.05) is 13.8 Å². The molecule has 0 aromatic heterocycles. The van der Waals surface area contributed by atoms with Gasteiger partial charge >= 0.3 is 6.18 Å². The number of nitrogens with zero attached hydrogens (tertiary/aromatic N) is 1. The van der Waals surface area contributed by atoms with Crippen LogP contribution in [0, 0.1) is 10.8 Å². The molecule has 206 valence electrons. The number of rotatable bonds is 6. The summed E-state index contributed by atoms with van der Waals surface area (Å²) in [4.78, 5) is 2.46. The molecule has 1 aliphatic heterocycles. The number of hydrazine groups is 1. The van der Waals surface area contributed by atoms with E-state index in [1.54, 1.807) is 24.3 Å². The number of hydrogen-bond donors (Lipinski definition) is 5. The summed E-state index contributed by atoms with van der Waals surface area (Å²) in [5.41, 5.74) is 10.7. The van der Waals surface area contributed by atoms with Crippen molar-refractivity contribution in [2.24, 2.45) is 17.0 Å². The third-order valence-corrected chi connectivity index (χ3v) is 6.14. The van der Waals surface area contributed by atoms with Gasteiger partial charge < -0.3 is 16.0 Å². The van der Waals surface area contributed by atoms with Crippen LogP contribution in [0.25, 0.3) is 0 Å². The standard InChI is InChI=1S/C14H12F3N3.C13H21N3.C2H6/c15-14(16,17)9-5-7-10(8-6-9)20-12-4-2-1-3-11(12)13(18)19;1-13(10-15-14)8-5-9-16(11-13)12-6-3-2-4-7-12;1-2/h1-8,20H,(H3,18,19);2-4,6-7,15H,5,8-11,14H2,1H3;1-2H3. The molecule has 0 radical (unpaired) electrons. The third kappa shape index (κ3) is 9.08. The number of alkyl halides is 3. The SMILES string of the molecule is CC.CC1(CNN)CCCN(c2ccccc2)C1.N=C(N)c1ccccc1Nc1ccc(C(F)(F)F)cc1. The van der Waals surface area contributed by atoms with Crippen LogP contribution < -0.4 is 27.2 Å². The number of nitrogens with two attached hydrogens (primary N) is 2. The number of benzene rings is 3. The lowest BCUT2D eigenvalue weighted by molar-refractivity contribution is -0.137. The van der Waals surface area contributed by atoms with Crippen molar-refractivity contribution in [3.8, 4) is 0 Å². The Hall–Kier alpha value is -3.56. The third-order valence-electron chi connectivity index (χ3n) is 6.14. The topological polar surface area (TPSA) is 103 Å². The summed E-state index contributed by atoms with van der Waals surface area (Å²) in [5.74, 6) is 5.35. The van der Waals surface area contributed by atoms with Crippen LogP contribution in [0.3, 0.4) is 0 Å². The number of halogens is 3. The molecular weight excluding hydrogens is 489 g/mol. The van der Waals surface area contributed by atoms with E-state index in [0.717, 1.165) is 31.8 Å². The van der Waals surface area contributed by atoms with Crippen LogP contribution in [0.1, 0.15) is 44.7 Å². The van der Waals surface area contributed by atoms with Crippen LogP contribution in [0.15, 0.2) is 78.9 Å². The average Bonchev–Trinajstić information content (AvgIpc) is 2.91. The molecule has 6 nitrogen and oxygen atoms in total. The van der Waals surface area contributed by atoms with Gasteiger partial charge in [0.25, 0.3) is 0 Å². The molecule has 1 heterocycles. The van der Waals surface area contributed by atoms with Crippen molar-refractivity contribution in [3.63, 3.8) is 0 Å². The first-order chi connectivity index (χ1) is 18.1. The Labute approximate surface area is 223 Å². The van der Waals surface area contributed by atoms with Crippen molar-refractivity contribution in [1.82, 2.24) is 5.43 Å². The quantitative estimate of drug-likeness (QED) is 0.109. The summed E-state index contributed by atoms with van der Waals surface area (Å²) < 4.78 is 37.4. The molecule has 38 heavy (non-hydrogen) atoms. The maximum Gasteiger partial charge on any atom is 0.416 e. The zero-order chi connectivity index (χ0) is 28.2. The van der Waals surface area contributed by atoms with Crippen LogP contribution in [-0.4, -0.2) is 25.5 Å². The molecule has 0 aliphatic carbocycles. The van der Waals surface area contributed by atoms with Crippen LogP contribution in [0.5, 0.6) is 0 Å². The summed E-state index contributed by atoms with van der Waals surface area (Å²) in [6.07, 6.45) is -1.86. The highest BCUT2D eigenvalue weighted by Gasteiger charge is 2.31. The Morgan fingerprint density at radius 1 is 0.974 bits per heavy atom. The molecule has 0 saturated carbocycles. The van der Waals surface area contributed by atoms with Crippen molar-refractivity contribution >= 4 is 22.9 Å².